The van der Waals surface area contributed by atoms with Crippen molar-refractivity contribution >= 4 is 21.6 Å². The van der Waals surface area contributed by atoms with Gasteiger partial charge in [0.1, 0.15) is 0 Å². The number of anilines is 1. The number of nitrogens with zero attached hydrogens (tertiary/aromatic N) is 2. The van der Waals surface area contributed by atoms with Crippen LogP contribution in [0.1, 0.15) is 5.69 Å². The summed E-state index contributed by atoms with van der Waals surface area (Å²) in [7, 11) is -3.53. The Balaban J connectivity index is 1.51. The number of aromatic nitrogens is 1. The lowest BCUT2D eigenvalue weighted by atomic mass is 10.3. The van der Waals surface area contributed by atoms with Gasteiger partial charge in [0.05, 0.1) is 30.3 Å². The topological polar surface area (TPSA) is 101 Å². The molecule has 1 amide bonds. The zero-order chi connectivity index (χ0) is 19.1. The number of rotatable bonds is 7. The molecule has 0 saturated carbocycles. The summed E-state index contributed by atoms with van der Waals surface area (Å²) in [6.07, 6.45) is 1.70. The van der Waals surface area contributed by atoms with Crippen LogP contribution >= 0.6 is 0 Å². The molecule has 1 aliphatic rings. The molecule has 1 aliphatic heterocycles. The van der Waals surface area contributed by atoms with Crippen LogP contribution in [0.5, 0.6) is 0 Å². The molecule has 1 aromatic heterocycles. The van der Waals surface area contributed by atoms with Crippen molar-refractivity contribution in [1.82, 2.24) is 14.6 Å². The van der Waals surface area contributed by atoms with E-state index in [2.05, 4.69) is 15.6 Å². The van der Waals surface area contributed by atoms with Gasteiger partial charge in [-0.3, -0.25) is 9.78 Å². The van der Waals surface area contributed by atoms with Crippen molar-refractivity contribution in [3.05, 3.63) is 54.4 Å². The third-order valence-electron chi connectivity index (χ3n) is 4.06. The van der Waals surface area contributed by atoms with Gasteiger partial charge in [-0.15, -0.1) is 0 Å². The second-order valence-electron chi connectivity index (χ2n) is 6.01. The number of carbonyl (C=O) groups excluding carboxylic acids is 1. The van der Waals surface area contributed by atoms with Crippen LogP contribution in [0.3, 0.4) is 0 Å². The number of nitrogens with one attached hydrogen (secondary N) is 2. The molecule has 1 aromatic carbocycles. The Hall–Kier alpha value is -2.33. The van der Waals surface area contributed by atoms with Crippen molar-refractivity contribution < 1.29 is 17.9 Å². The summed E-state index contributed by atoms with van der Waals surface area (Å²) in [6.45, 7) is 2.12. The van der Waals surface area contributed by atoms with E-state index in [-0.39, 0.29) is 17.3 Å². The molecule has 1 saturated heterocycles. The average Bonchev–Trinajstić information content (AvgIpc) is 2.70. The van der Waals surface area contributed by atoms with Crippen LogP contribution in [-0.4, -0.2) is 56.5 Å². The van der Waals surface area contributed by atoms with Gasteiger partial charge >= 0.3 is 0 Å². The van der Waals surface area contributed by atoms with Crippen molar-refractivity contribution in [3.63, 3.8) is 0 Å². The number of benzene rings is 1. The molecule has 9 heteroatoms. The fourth-order valence-corrected chi connectivity index (χ4v) is 4.07. The number of pyridine rings is 1. The van der Waals surface area contributed by atoms with Gasteiger partial charge in [0.25, 0.3) is 0 Å². The van der Waals surface area contributed by atoms with E-state index in [1.54, 1.807) is 18.3 Å². The Morgan fingerprint density at radius 3 is 2.52 bits per heavy atom. The molecule has 0 aliphatic carbocycles. The Morgan fingerprint density at radius 1 is 1.11 bits per heavy atom. The number of carbonyl (C=O) groups is 1. The van der Waals surface area contributed by atoms with Crippen molar-refractivity contribution in [3.8, 4) is 0 Å². The molecule has 0 radical (unpaired) electrons. The maximum atomic E-state index is 12.6. The first-order chi connectivity index (χ1) is 13.1. The van der Waals surface area contributed by atoms with Crippen LogP contribution in [-0.2, 0) is 26.1 Å². The quantitative estimate of drug-likeness (QED) is 0.726. The number of ether oxygens (including phenoxy) is 1. The lowest BCUT2D eigenvalue weighted by molar-refractivity contribution is -0.115. The summed E-state index contributed by atoms with van der Waals surface area (Å²) in [4.78, 5) is 16.4. The lowest BCUT2D eigenvalue weighted by Crippen LogP contribution is -2.40. The van der Waals surface area contributed by atoms with Crippen LogP contribution in [0.4, 0.5) is 5.69 Å². The van der Waals surface area contributed by atoms with Gasteiger partial charge in [-0.1, -0.05) is 6.07 Å². The van der Waals surface area contributed by atoms with E-state index >= 15 is 0 Å². The standard InChI is InChI=1S/C18H22N4O4S/c23-18(14-19-13-16-3-1-2-8-20-16)21-15-4-6-17(7-5-15)27(24,25)22-9-11-26-12-10-22/h1-8,19H,9-14H2,(H,21,23). The van der Waals surface area contributed by atoms with Gasteiger partial charge < -0.3 is 15.4 Å². The monoisotopic (exact) mass is 390 g/mol. The molecule has 1 fully saturated rings. The second-order valence-corrected chi connectivity index (χ2v) is 7.95. The minimum absolute atomic E-state index is 0.129. The normalized spacial score (nSPS) is 15.4. The molecule has 0 bridgehead atoms. The molecule has 144 valence electrons. The first kappa shape index (κ1) is 19.4. The highest BCUT2D eigenvalue weighted by Crippen LogP contribution is 2.19. The molecular formula is C18H22N4O4S. The Morgan fingerprint density at radius 2 is 1.85 bits per heavy atom. The number of morpholine rings is 1. The Kier molecular flexibility index (Phi) is 6.51. The van der Waals surface area contributed by atoms with E-state index < -0.39 is 10.0 Å². The Labute approximate surface area is 158 Å². The molecule has 2 N–H and O–H groups in total. The van der Waals surface area contributed by atoms with Crippen LogP contribution in [0.25, 0.3) is 0 Å². The SMILES string of the molecule is O=C(CNCc1ccccn1)Nc1ccc(S(=O)(=O)N2CCOCC2)cc1. The summed E-state index contributed by atoms with van der Waals surface area (Å²) in [5, 5.41) is 5.75. The van der Waals surface area contributed by atoms with Crippen molar-refractivity contribution in [2.24, 2.45) is 0 Å². The molecule has 3 rings (SSSR count). The molecular weight excluding hydrogens is 368 g/mol. The van der Waals surface area contributed by atoms with Crippen molar-refractivity contribution in [2.45, 2.75) is 11.4 Å². The third kappa shape index (κ3) is 5.33. The average molecular weight is 390 g/mol. The largest absolute Gasteiger partial charge is 0.379 e. The minimum atomic E-state index is -3.53. The maximum Gasteiger partial charge on any atom is 0.243 e. The molecule has 27 heavy (non-hydrogen) atoms. The molecule has 0 atom stereocenters. The highest BCUT2D eigenvalue weighted by molar-refractivity contribution is 7.89. The van der Waals surface area contributed by atoms with E-state index in [0.717, 1.165) is 5.69 Å². The predicted octanol–water partition coefficient (Wildman–Crippen LogP) is 0.831. The Bertz CT molecular complexity index is 851. The van der Waals surface area contributed by atoms with Crippen LogP contribution in [0.2, 0.25) is 0 Å². The number of hydrogen-bond donors (Lipinski definition) is 2. The fraction of sp³-hybridized carbons (Fsp3) is 0.333. The van der Waals surface area contributed by atoms with Gasteiger partial charge in [-0.05, 0) is 36.4 Å². The third-order valence-corrected chi connectivity index (χ3v) is 5.98. The van der Waals surface area contributed by atoms with E-state index in [1.165, 1.54) is 16.4 Å². The number of amides is 1. The first-order valence-corrected chi connectivity index (χ1v) is 10.1. The first-order valence-electron chi connectivity index (χ1n) is 8.64. The second kappa shape index (κ2) is 9.05. The van der Waals surface area contributed by atoms with Gasteiger partial charge in [0.15, 0.2) is 0 Å². The molecule has 2 heterocycles. The molecule has 8 nitrogen and oxygen atoms in total. The van der Waals surface area contributed by atoms with Crippen LogP contribution in [0.15, 0.2) is 53.6 Å². The van der Waals surface area contributed by atoms with Gasteiger partial charge in [0.2, 0.25) is 15.9 Å². The van der Waals surface area contributed by atoms with E-state index in [1.807, 2.05) is 18.2 Å². The van der Waals surface area contributed by atoms with Gasteiger partial charge in [-0.2, -0.15) is 4.31 Å². The van der Waals surface area contributed by atoms with Crippen LogP contribution in [0, 0.1) is 0 Å². The van der Waals surface area contributed by atoms with Gasteiger partial charge in [0, 0.05) is 31.5 Å². The van der Waals surface area contributed by atoms with Gasteiger partial charge in [-0.25, -0.2) is 8.42 Å². The highest BCUT2D eigenvalue weighted by atomic mass is 32.2. The number of sulfonamides is 1. The fourth-order valence-electron chi connectivity index (χ4n) is 2.66. The van der Waals surface area contributed by atoms with E-state index in [9.17, 15) is 13.2 Å². The number of hydrogen-bond acceptors (Lipinski definition) is 6. The lowest BCUT2D eigenvalue weighted by Gasteiger charge is -2.26. The van der Waals surface area contributed by atoms with Crippen molar-refractivity contribution in [1.29, 1.82) is 0 Å². The highest BCUT2D eigenvalue weighted by Gasteiger charge is 2.26. The van der Waals surface area contributed by atoms with Crippen molar-refractivity contribution in [2.75, 3.05) is 38.2 Å². The van der Waals surface area contributed by atoms with Crippen LogP contribution < -0.4 is 10.6 Å². The summed E-state index contributed by atoms with van der Waals surface area (Å²) < 4.78 is 31.7. The zero-order valence-electron chi connectivity index (χ0n) is 14.8. The summed E-state index contributed by atoms with van der Waals surface area (Å²) in [5.74, 6) is -0.213. The van der Waals surface area contributed by atoms with E-state index in [0.29, 0.717) is 38.5 Å². The minimum Gasteiger partial charge on any atom is -0.379 e. The zero-order valence-corrected chi connectivity index (χ0v) is 15.6. The smallest absolute Gasteiger partial charge is 0.243 e. The molecule has 2 aromatic rings. The van der Waals surface area contributed by atoms with E-state index in [4.69, 9.17) is 4.74 Å². The summed E-state index contributed by atoms with van der Waals surface area (Å²) >= 11 is 0. The predicted molar refractivity (Wildman–Crippen MR) is 101 cm³/mol. The molecule has 0 spiro atoms. The summed E-state index contributed by atoms with van der Waals surface area (Å²) in [6, 6.07) is 11.8. The summed E-state index contributed by atoms with van der Waals surface area (Å²) in [5.41, 5.74) is 1.39. The maximum absolute atomic E-state index is 12.6. The molecule has 0 unspecified atom stereocenters.